The van der Waals surface area contributed by atoms with Crippen LogP contribution in [0, 0.1) is 34.4 Å². The lowest BCUT2D eigenvalue weighted by Gasteiger charge is -2.18. The van der Waals surface area contributed by atoms with Crippen molar-refractivity contribution < 1.29 is 12.8 Å². The fourth-order valence-corrected chi connectivity index (χ4v) is 2.93. The highest BCUT2D eigenvalue weighted by molar-refractivity contribution is 7.89. The van der Waals surface area contributed by atoms with Crippen molar-refractivity contribution in [1.29, 1.82) is 10.5 Å². The summed E-state index contributed by atoms with van der Waals surface area (Å²) in [4.78, 5) is -0.386. The quantitative estimate of drug-likeness (QED) is 0.836. The lowest BCUT2D eigenvalue weighted by Crippen LogP contribution is -2.31. The first-order valence-electron chi connectivity index (χ1n) is 5.39. The molecule has 0 saturated heterocycles. The maximum absolute atomic E-state index is 13.4. The van der Waals surface area contributed by atoms with Crippen LogP contribution in [-0.4, -0.2) is 26.3 Å². The smallest absolute Gasteiger partial charge is 0.207 e. The van der Waals surface area contributed by atoms with E-state index < -0.39 is 27.3 Å². The lowest BCUT2D eigenvalue weighted by atomic mass is 10.2. The number of hydrogen-bond acceptors (Lipinski definition) is 4. The largest absolute Gasteiger partial charge is 0.244 e. The molecule has 1 aromatic carbocycles. The molecule has 1 rings (SSSR count). The van der Waals surface area contributed by atoms with Gasteiger partial charge in [0.2, 0.25) is 10.0 Å². The molecule has 0 N–H and O–H groups in total. The van der Waals surface area contributed by atoms with Crippen LogP contribution in [-0.2, 0) is 10.0 Å². The minimum atomic E-state index is -3.99. The molecule has 0 aliphatic heterocycles. The number of halogens is 1. The minimum absolute atomic E-state index is 0.0276. The first-order chi connectivity index (χ1) is 8.84. The van der Waals surface area contributed by atoms with Crippen LogP contribution in [0.5, 0.6) is 0 Å². The molecule has 0 radical (unpaired) electrons. The van der Waals surface area contributed by atoms with Crippen LogP contribution in [0.15, 0.2) is 23.1 Å². The molecule has 19 heavy (non-hydrogen) atoms. The number of rotatable bonds is 4. The van der Waals surface area contributed by atoms with Gasteiger partial charge in [-0.25, -0.2) is 12.8 Å². The molecule has 0 amide bonds. The minimum Gasteiger partial charge on any atom is -0.207 e. The number of benzene rings is 1. The van der Waals surface area contributed by atoms with Crippen molar-refractivity contribution in [3.8, 4) is 12.1 Å². The Kier molecular flexibility index (Phi) is 4.60. The van der Waals surface area contributed by atoms with Gasteiger partial charge in [0.05, 0.1) is 12.0 Å². The zero-order valence-electron chi connectivity index (χ0n) is 10.5. The van der Waals surface area contributed by atoms with Gasteiger partial charge in [-0.3, -0.25) is 0 Å². The number of nitriles is 2. The molecular formula is C12H12FN3O2S. The second-order valence-electron chi connectivity index (χ2n) is 4.04. The van der Waals surface area contributed by atoms with Gasteiger partial charge in [0.15, 0.2) is 0 Å². The summed E-state index contributed by atoms with van der Waals surface area (Å²) >= 11 is 0. The maximum Gasteiger partial charge on any atom is 0.244 e. The predicted molar refractivity (Wildman–Crippen MR) is 65.7 cm³/mol. The average molecular weight is 281 g/mol. The summed E-state index contributed by atoms with van der Waals surface area (Å²) in [6.45, 7) is 1.54. The zero-order chi connectivity index (χ0) is 14.6. The molecule has 100 valence electrons. The molecular weight excluding hydrogens is 269 g/mol. The van der Waals surface area contributed by atoms with E-state index in [9.17, 15) is 12.8 Å². The van der Waals surface area contributed by atoms with Crippen molar-refractivity contribution in [1.82, 2.24) is 4.31 Å². The summed E-state index contributed by atoms with van der Waals surface area (Å²) in [5.74, 6) is -1.39. The topological polar surface area (TPSA) is 85.0 Å². The Morgan fingerprint density at radius 1 is 1.42 bits per heavy atom. The van der Waals surface area contributed by atoms with Gasteiger partial charge in [-0.1, -0.05) is 6.07 Å². The molecule has 1 atom stereocenters. The lowest BCUT2D eigenvalue weighted by molar-refractivity contribution is 0.438. The van der Waals surface area contributed by atoms with E-state index in [4.69, 9.17) is 10.5 Å². The highest BCUT2D eigenvalue weighted by Crippen LogP contribution is 2.21. The van der Waals surface area contributed by atoms with Crippen LogP contribution in [0.3, 0.4) is 0 Å². The fourth-order valence-electron chi connectivity index (χ4n) is 1.52. The first-order valence-corrected chi connectivity index (χ1v) is 6.83. The second kappa shape index (κ2) is 5.79. The third-order valence-corrected chi connectivity index (χ3v) is 4.39. The van der Waals surface area contributed by atoms with Crippen molar-refractivity contribution in [3.63, 3.8) is 0 Å². The standard InChI is InChI=1S/C12H12FN3O2S/c1-9(6-14)8-16(2)19(17,18)12-5-3-4-11(13)10(12)7-15/h3-5,9H,8H2,1-2H3. The van der Waals surface area contributed by atoms with Crippen LogP contribution in [0.2, 0.25) is 0 Å². The summed E-state index contributed by atoms with van der Waals surface area (Å²) < 4.78 is 38.8. The van der Waals surface area contributed by atoms with Gasteiger partial charge in [-0.15, -0.1) is 0 Å². The van der Waals surface area contributed by atoms with Crippen LogP contribution in [0.4, 0.5) is 4.39 Å². The predicted octanol–water partition coefficient (Wildman–Crippen LogP) is 1.48. The van der Waals surface area contributed by atoms with Crippen molar-refractivity contribution in [2.24, 2.45) is 5.92 Å². The first kappa shape index (κ1) is 15.1. The van der Waals surface area contributed by atoms with E-state index in [0.29, 0.717) is 0 Å². The molecule has 0 saturated carbocycles. The van der Waals surface area contributed by atoms with Crippen LogP contribution >= 0.6 is 0 Å². The molecule has 0 aromatic heterocycles. The fraction of sp³-hybridized carbons (Fsp3) is 0.333. The van der Waals surface area contributed by atoms with Crippen LogP contribution < -0.4 is 0 Å². The van der Waals surface area contributed by atoms with E-state index in [2.05, 4.69) is 0 Å². The van der Waals surface area contributed by atoms with Gasteiger partial charge in [0.1, 0.15) is 22.3 Å². The van der Waals surface area contributed by atoms with Gasteiger partial charge < -0.3 is 0 Å². The van der Waals surface area contributed by atoms with Crippen LogP contribution in [0.25, 0.3) is 0 Å². The van der Waals surface area contributed by atoms with E-state index in [1.165, 1.54) is 19.2 Å². The Labute approximate surface area is 111 Å². The summed E-state index contributed by atoms with van der Waals surface area (Å²) in [6, 6.07) is 6.88. The molecule has 0 spiro atoms. The summed E-state index contributed by atoms with van der Waals surface area (Å²) in [5, 5.41) is 17.5. The van der Waals surface area contributed by atoms with Crippen LogP contribution in [0.1, 0.15) is 12.5 Å². The van der Waals surface area contributed by atoms with E-state index in [-0.39, 0.29) is 11.4 Å². The monoisotopic (exact) mass is 281 g/mol. The molecule has 5 nitrogen and oxygen atoms in total. The molecule has 1 unspecified atom stereocenters. The van der Waals surface area contributed by atoms with Gasteiger partial charge in [-0.2, -0.15) is 14.8 Å². The van der Waals surface area contributed by atoms with Crippen molar-refractivity contribution in [2.75, 3.05) is 13.6 Å². The zero-order valence-corrected chi connectivity index (χ0v) is 11.3. The highest BCUT2D eigenvalue weighted by Gasteiger charge is 2.26. The third-order valence-electron chi connectivity index (χ3n) is 2.53. The van der Waals surface area contributed by atoms with E-state index in [0.717, 1.165) is 10.4 Å². The highest BCUT2D eigenvalue weighted by atomic mass is 32.2. The van der Waals surface area contributed by atoms with Gasteiger partial charge in [0, 0.05) is 13.6 Å². The van der Waals surface area contributed by atoms with E-state index in [1.54, 1.807) is 13.0 Å². The summed E-state index contributed by atoms with van der Waals surface area (Å²) in [7, 11) is -2.70. The van der Waals surface area contributed by atoms with Gasteiger partial charge >= 0.3 is 0 Å². The van der Waals surface area contributed by atoms with Crippen molar-refractivity contribution >= 4 is 10.0 Å². The Balaban J connectivity index is 3.26. The molecule has 0 heterocycles. The molecule has 0 bridgehead atoms. The number of nitrogens with zero attached hydrogens (tertiary/aromatic N) is 3. The Morgan fingerprint density at radius 2 is 2.05 bits per heavy atom. The molecule has 0 aliphatic rings. The Hall–Kier alpha value is -1.96. The van der Waals surface area contributed by atoms with Crippen molar-refractivity contribution in [3.05, 3.63) is 29.6 Å². The number of sulfonamides is 1. The van der Waals surface area contributed by atoms with Gasteiger partial charge in [-0.05, 0) is 19.1 Å². The molecule has 0 aliphatic carbocycles. The van der Waals surface area contributed by atoms with E-state index in [1.807, 2.05) is 6.07 Å². The molecule has 7 heteroatoms. The normalized spacial score (nSPS) is 12.7. The maximum atomic E-state index is 13.4. The average Bonchev–Trinajstić information content (AvgIpc) is 2.37. The van der Waals surface area contributed by atoms with Crippen molar-refractivity contribution in [2.45, 2.75) is 11.8 Å². The van der Waals surface area contributed by atoms with E-state index >= 15 is 0 Å². The van der Waals surface area contributed by atoms with Gasteiger partial charge in [0.25, 0.3) is 0 Å². The number of hydrogen-bond donors (Lipinski definition) is 0. The Morgan fingerprint density at radius 3 is 2.58 bits per heavy atom. The second-order valence-corrected chi connectivity index (χ2v) is 6.05. The SMILES string of the molecule is CC(C#N)CN(C)S(=O)(=O)c1cccc(F)c1C#N. The summed E-state index contributed by atoms with van der Waals surface area (Å²) in [5.41, 5.74) is -0.515. The molecule has 1 aromatic rings. The summed E-state index contributed by atoms with van der Waals surface area (Å²) in [6.07, 6.45) is 0. The molecule has 0 fully saturated rings. The Bertz CT molecular complexity index is 659. The third kappa shape index (κ3) is 3.08.